The van der Waals surface area contributed by atoms with E-state index in [1.807, 2.05) is 0 Å². The zero-order chi connectivity index (χ0) is 15.1. The molecule has 2 rings (SSSR count). The fourth-order valence-electron chi connectivity index (χ4n) is 2.96. The third kappa shape index (κ3) is 3.14. The van der Waals surface area contributed by atoms with E-state index in [0.717, 1.165) is 31.4 Å². The van der Waals surface area contributed by atoms with Crippen LogP contribution in [0.15, 0.2) is 18.2 Å². The Labute approximate surface area is 116 Å². The van der Waals surface area contributed by atoms with Gasteiger partial charge in [-0.25, -0.2) is 4.39 Å². The minimum Gasteiger partial charge on any atom is -0.327 e. The molecule has 112 valence electrons. The molecule has 0 aromatic heterocycles. The molecule has 20 heavy (non-hydrogen) atoms. The second-order valence-electron chi connectivity index (χ2n) is 6.41. The van der Waals surface area contributed by atoms with Crippen LogP contribution in [-0.4, -0.2) is 6.04 Å². The SMILES string of the molecule is CC1(C)CCC(N)C(c2ccc(C(F)(F)F)c(F)c2)C1. The molecular formula is C15H19F4N. The van der Waals surface area contributed by atoms with Crippen LogP contribution in [0.4, 0.5) is 17.6 Å². The van der Waals surface area contributed by atoms with Gasteiger partial charge in [0.1, 0.15) is 5.82 Å². The summed E-state index contributed by atoms with van der Waals surface area (Å²) in [5, 5.41) is 0. The van der Waals surface area contributed by atoms with E-state index in [-0.39, 0.29) is 17.4 Å². The van der Waals surface area contributed by atoms with Crippen molar-refractivity contribution in [1.82, 2.24) is 0 Å². The summed E-state index contributed by atoms with van der Waals surface area (Å²) in [6.07, 6.45) is -2.11. The van der Waals surface area contributed by atoms with Crippen LogP contribution in [0.1, 0.15) is 50.2 Å². The van der Waals surface area contributed by atoms with Gasteiger partial charge in [-0.3, -0.25) is 0 Å². The summed E-state index contributed by atoms with van der Waals surface area (Å²) in [5.74, 6) is -1.30. The smallest absolute Gasteiger partial charge is 0.327 e. The Morgan fingerprint density at radius 2 is 1.90 bits per heavy atom. The largest absolute Gasteiger partial charge is 0.419 e. The Balaban J connectivity index is 2.31. The summed E-state index contributed by atoms with van der Waals surface area (Å²) in [6.45, 7) is 4.21. The van der Waals surface area contributed by atoms with E-state index in [9.17, 15) is 17.6 Å². The topological polar surface area (TPSA) is 26.0 Å². The van der Waals surface area contributed by atoms with Gasteiger partial charge in [0.15, 0.2) is 0 Å². The number of halogens is 4. The molecule has 0 aliphatic heterocycles. The third-order valence-electron chi connectivity index (χ3n) is 4.17. The first-order valence-corrected chi connectivity index (χ1v) is 6.72. The van der Waals surface area contributed by atoms with E-state index in [0.29, 0.717) is 5.56 Å². The first-order valence-electron chi connectivity index (χ1n) is 6.72. The molecule has 0 amide bonds. The van der Waals surface area contributed by atoms with Crippen molar-refractivity contribution in [3.8, 4) is 0 Å². The zero-order valence-corrected chi connectivity index (χ0v) is 11.6. The van der Waals surface area contributed by atoms with Crippen LogP contribution in [0.3, 0.4) is 0 Å². The molecule has 0 saturated heterocycles. The van der Waals surface area contributed by atoms with Crippen molar-refractivity contribution in [3.05, 3.63) is 35.1 Å². The molecule has 1 aromatic carbocycles. The van der Waals surface area contributed by atoms with Crippen LogP contribution in [0.5, 0.6) is 0 Å². The molecule has 1 nitrogen and oxygen atoms in total. The molecule has 0 radical (unpaired) electrons. The van der Waals surface area contributed by atoms with Crippen molar-refractivity contribution in [1.29, 1.82) is 0 Å². The van der Waals surface area contributed by atoms with Gasteiger partial charge in [0.2, 0.25) is 0 Å². The Morgan fingerprint density at radius 3 is 2.45 bits per heavy atom. The average molecular weight is 289 g/mol. The van der Waals surface area contributed by atoms with Gasteiger partial charge in [-0.15, -0.1) is 0 Å². The van der Waals surface area contributed by atoms with Gasteiger partial charge in [0.25, 0.3) is 0 Å². The summed E-state index contributed by atoms with van der Waals surface area (Å²) in [4.78, 5) is 0. The lowest BCUT2D eigenvalue weighted by Gasteiger charge is -2.39. The summed E-state index contributed by atoms with van der Waals surface area (Å²) in [5.41, 5.74) is 5.49. The maximum Gasteiger partial charge on any atom is 0.419 e. The molecule has 1 aromatic rings. The number of benzene rings is 1. The molecule has 2 unspecified atom stereocenters. The molecule has 1 fully saturated rings. The highest BCUT2D eigenvalue weighted by Gasteiger charge is 2.37. The molecule has 5 heteroatoms. The molecule has 0 bridgehead atoms. The first kappa shape index (κ1) is 15.3. The van der Waals surface area contributed by atoms with Crippen molar-refractivity contribution >= 4 is 0 Å². The molecular weight excluding hydrogens is 270 g/mol. The third-order valence-corrected chi connectivity index (χ3v) is 4.17. The maximum atomic E-state index is 13.7. The summed E-state index contributed by atoms with van der Waals surface area (Å²) in [7, 11) is 0. The highest BCUT2D eigenvalue weighted by Crippen LogP contribution is 2.43. The molecule has 2 N–H and O–H groups in total. The lowest BCUT2D eigenvalue weighted by Crippen LogP contribution is -2.37. The van der Waals surface area contributed by atoms with E-state index in [1.54, 1.807) is 0 Å². The van der Waals surface area contributed by atoms with Crippen LogP contribution in [0.25, 0.3) is 0 Å². The fraction of sp³-hybridized carbons (Fsp3) is 0.600. The standard InChI is InChI=1S/C15H19F4N/c1-14(2)6-5-13(20)10(8-14)9-3-4-11(12(16)7-9)15(17,18)19/h3-4,7,10,13H,5-6,8,20H2,1-2H3. The number of nitrogens with two attached hydrogens (primary N) is 1. The van der Waals surface area contributed by atoms with Gasteiger partial charge in [-0.05, 0) is 48.3 Å². The van der Waals surface area contributed by atoms with Gasteiger partial charge in [0.05, 0.1) is 5.56 Å². The minimum atomic E-state index is -4.66. The van der Waals surface area contributed by atoms with E-state index >= 15 is 0 Å². The Kier molecular flexibility index (Phi) is 3.84. The molecule has 1 aliphatic carbocycles. The highest BCUT2D eigenvalue weighted by molar-refractivity contribution is 5.30. The molecule has 0 spiro atoms. The lowest BCUT2D eigenvalue weighted by molar-refractivity contribution is -0.140. The number of hydrogen-bond donors (Lipinski definition) is 1. The van der Waals surface area contributed by atoms with Crippen LogP contribution >= 0.6 is 0 Å². The number of alkyl halides is 3. The van der Waals surface area contributed by atoms with E-state index in [4.69, 9.17) is 5.73 Å². The quantitative estimate of drug-likeness (QED) is 0.759. The van der Waals surface area contributed by atoms with Crippen molar-refractivity contribution in [3.63, 3.8) is 0 Å². The van der Waals surface area contributed by atoms with E-state index in [2.05, 4.69) is 13.8 Å². The predicted octanol–water partition coefficient (Wildman–Crippen LogP) is 4.47. The Bertz CT molecular complexity index is 493. The average Bonchev–Trinajstić information content (AvgIpc) is 2.30. The van der Waals surface area contributed by atoms with Gasteiger partial charge in [0, 0.05) is 6.04 Å². The van der Waals surface area contributed by atoms with Crippen LogP contribution in [0, 0.1) is 11.2 Å². The second-order valence-corrected chi connectivity index (χ2v) is 6.41. The molecule has 1 saturated carbocycles. The van der Waals surface area contributed by atoms with Crippen molar-refractivity contribution in [2.24, 2.45) is 11.1 Å². The van der Waals surface area contributed by atoms with Gasteiger partial charge < -0.3 is 5.73 Å². The van der Waals surface area contributed by atoms with Crippen molar-refractivity contribution in [2.75, 3.05) is 0 Å². The number of rotatable bonds is 1. The molecule has 1 aliphatic rings. The van der Waals surface area contributed by atoms with Gasteiger partial charge in [-0.2, -0.15) is 13.2 Å². The Morgan fingerprint density at radius 1 is 1.25 bits per heavy atom. The van der Waals surface area contributed by atoms with Crippen LogP contribution in [-0.2, 0) is 6.18 Å². The van der Waals surface area contributed by atoms with Gasteiger partial charge in [-0.1, -0.05) is 19.9 Å². The fourth-order valence-corrected chi connectivity index (χ4v) is 2.96. The van der Waals surface area contributed by atoms with Crippen molar-refractivity contribution in [2.45, 2.75) is 51.2 Å². The summed E-state index contributed by atoms with van der Waals surface area (Å²) >= 11 is 0. The lowest BCUT2D eigenvalue weighted by atomic mass is 9.68. The minimum absolute atomic E-state index is 0.0830. The van der Waals surface area contributed by atoms with Gasteiger partial charge >= 0.3 is 6.18 Å². The highest BCUT2D eigenvalue weighted by atomic mass is 19.4. The van der Waals surface area contributed by atoms with Crippen LogP contribution < -0.4 is 5.73 Å². The normalized spacial score (nSPS) is 26.6. The Hall–Kier alpha value is -1.10. The first-order chi connectivity index (χ1) is 9.10. The van der Waals surface area contributed by atoms with E-state index < -0.39 is 17.6 Å². The van der Waals surface area contributed by atoms with Crippen LogP contribution in [0.2, 0.25) is 0 Å². The zero-order valence-electron chi connectivity index (χ0n) is 11.6. The summed E-state index contributed by atoms with van der Waals surface area (Å²) < 4.78 is 51.3. The molecule has 0 heterocycles. The maximum absolute atomic E-state index is 13.7. The predicted molar refractivity (Wildman–Crippen MR) is 69.8 cm³/mol. The van der Waals surface area contributed by atoms with E-state index in [1.165, 1.54) is 6.07 Å². The summed E-state index contributed by atoms with van der Waals surface area (Å²) in [6, 6.07) is 3.05. The second kappa shape index (κ2) is 5.02. The van der Waals surface area contributed by atoms with Crippen molar-refractivity contribution < 1.29 is 17.6 Å². The number of hydrogen-bond acceptors (Lipinski definition) is 1. The molecule has 2 atom stereocenters. The monoisotopic (exact) mass is 289 g/mol.